The number of hydrogen-bond donors (Lipinski definition) is 0. The van der Waals surface area contributed by atoms with Gasteiger partial charge < -0.3 is 4.74 Å². The molecule has 9 heteroatoms. The molecule has 1 aromatic heterocycles. The van der Waals surface area contributed by atoms with Crippen LogP contribution in [0.25, 0.3) is 0 Å². The number of hydrogen-bond acceptors (Lipinski definition) is 4. The summed E-state index contributed by atoms with van der Waals surface area (Å²) in [5, 5.41) is 3.64. The lowest BCUT2D eigenvalue weighted by molar-refractivity contribution is -0.0441. The molecule has 1 aliphatic rings. The summed E-state index contributed by atoms with van der Waals surface area (Å²) in [6.45, 7) is 3.85. The average Bonchev–Trinajstić information content (AvgIpc) is 2.64. The fraction of sp³-hybridized carbons (Fsp3) is 0.750. The van der Waals surface area contributed by atoms with Crippen LogP contribution in [0.3, 0.4) is 0 Å². The van der Waals surface area contributed by atoms with Crippen LogP contribution in [0.5, 0.6) is 0 Å². The Kier molecular flexibility index (Phi) is 4.36. The molecule has 21 heavy (non-hydrogen) atoms. The Balaban J connectivity index is 2.45. The van der Waals surface area contributed by atoms with Crippen molar-refractivity contribution in [2.45, 2.75) is 51.3 Å². The largest absolute Gasteiger partial charge is 0.373 e. The molecule has 1 aromatic rings. The zero-order valence-electron chi connectivity index (χ0n) is 12.4. The maximum absolute atomic E-state index is 12.8. The molecule has 0 bridgehead atoms. The van der Waals surface area contributed by atoms with E-state index in [4.69, 9.17) is 4.74 Å². The lowest BCUT2D eigenvalue weighted by atomic mass is 10.3. The molecule has 0 radical (unpaired) electrons. The summed E-state index contributed by atoms with van der Waals surface area (Å²) in [4.78, 5) is -0.135. The molecule has 0 saturated carbocycles. The van der Waals surface area contributed by atoms with Crippen molar-refractivity contribution in [3.63, 3.8) is 0 Å². The fourth-order valence-electron chi connectivity index (χ4n) is 2.67. The molecule has 0 unspecified atom stereocenters. The van der Waals surface area contributed by atoms with E-state index in [1.54, 1.807) is 13.8 Å². The number of aryl methyl sites for hydroxylation is 1. The first kappa shape index (κ1) is 16.3. The zero-order chi connectivity index (χ0) is 15.9. The fourth-order valence-corrected chi connectivity index (χ4v) is 4.62. The molecule has 0 amide bonds. The van der Waals surface area contributed by atoms with Gasteiger partial charge in [-0.3, -0.25) is 0 Å². The molecule has 2 heterocycles. The average molecular weight is 323 g/mol. The Bertz CT molecular complexity index is 620. The highest BCUT2D eigenvalue weighted by Crippen LogP contribution is 2.28. The van der Waals surface area contributed by atoms with E-state index in [0.29, 0.717) is 4.68 Å². The van der Waals surface area contributed by atoms with Crippen LogP contribution in [0.2, 0.25) is 0 Å². The number of ether oxygens (including phenoxy) is 1. The Hall–Kier alpha value is -1.06. The van der Waals surface area contributed by atoms with Gasteiger partial charge in [-0.15, -0.1) is 0 Å². The maximum Gasteiger partial charge on any atom is 0.333 e. The normalized spacial score (nSPS) is 24.7. The summed E-state index contributed by atoms with van der Waals surface area (Å²) in [7, 11) is -3.87. The smallest absolute Gasteiger partial charge is 0.333 e. The first-order valence-electron chi connectivity index (χ1n) is 6.64. The number of sulfonamides is 1. The molecule has 1 saturated heterocycles. The van der Waals surface area contributed by atoms with Crippen LogP contribution in [0.15, 0.2) is 4.90 Å². The van der Waals surface area contributed by atoms with E-state index < -0.39 is 16.6 Å². The van der Waals surface area contributed by atoms with Crippen LogP contribution in [-0.2, 0) is 14.8 Å². The van der Waals surface area contributed by atoms with Gasteiger partial charge in [0.1, 0.15) is 4.90 Å². The summed E-state index contributed by atoms with van der Waals surface area (Å²) in [6, 6.07) is 0. The first-order chi connectivity index (χ1) is 9.64. The molecule has 1 aliphatic heterocycles. The minimum absolute atomic E-state index is 0.0469. The van der Waals surface area contributed by atoms with E-state index in [9.17, 15) is 17.2 Å². The van der Waals surface area contributed by atoms with Crippen LogP contribution in [0.4, 0.5) is 8.78 Å². The van der Waals surface area contributed by atoms with Crippen molar-refractivity contribution in [3.8, 4) is 0 Å². The van der Waals surface area contributed by atoms with Crippen LogP contribution in [-0.4, -0.2) is 47.8 Å². The van der Waals surface area contributed by atoms with Crippen LogP contribution >= 0.6 is 0 Å². The van der Waals surface area contributed by atoms with E-state index >= 15 is 0 Å². The first-order valence-corrected chi connectivity index (χ1v) is 8.08. The van der Waals surface area contributed by atoms with Crippen molar-refractivity contribution in [1.82, 2.24) is 14.1 Å². The quantitative estimate of drug-likeness (QED) is 0.849. The minimum Gasteiger partial charge on any atom is -0.373 e. The van der Waals surface area contributed by atoms with Crippen molar-refractivity contribution < 1.29 is 21.9 Å². The van der Waals surface area contributed by atoms with Crippen molar-refractivity contribution in [1.29, 1.82) is 0 Å². The minimum atomic E-state index is -3.87. The number of halogens is 2. The zero-order valence-corrected chi connectivity index (χ0v) is 13.2. The third kappa shape index (κ3) is 2.95. The molecule has 2 atom stereocenters. The van der Waals surface area contributed by atoms with Crippen molar-refractivity contribution >= 4 is 10.0 Å². The van der Waals surface area contributed by atoms with E-state index in [1.165, 1.54) is 18.2 Å². The molecule has 0 aromatic carbocycles. The molecule has 0 N–H and O–H groups in total. The van der Waals surface area contributed by atoms with Crippen molar-refractivity contribution in [2.75, 3.05) is 13.1 Å². The molecular formula is C12H19F2N3O3S. The van der Waals surface area contributed by atoms with E-state index in [1.807, 2.05) is 0 Å². The lowest BCUT2D eigenvalue weighted by Gasteiger charge is -2.34. The van der Waals surface area contributed by atoms with Gasteiger partial charge in [0.2, 0.25) is 10.0 Å². The van der Waals surface area contributed by atoms with Gasteiger partial charge in [-0.05, 0) is 27.7 Å². The highest BCUT2D eigenvalue weighted by Gasteiger charge is 2.36. The SMILES string of the molecule is Cc1nn(C(F)F)c(C)c1S(=O)(=O)N1C[C@@H](C)O[C@@H](C)C1. The van der Waals surface area contributed by atoms with Gasteiger partial charge in [-0.1, -0.05) is 0 Å². The summed E-state index contributed by atoms with van der Waals surface area (Å²) in [6.07, 6.45) is -0.483. The van der Waals surface area contributed by atoms with Gasteiger partial charge in [0, 0.05) is 13.1 Å². The molecule has 120 valence electrons. The van der Waals surface area contributed by atoms with Crippen LogP contribution in [0, 0.1) is 13.8 Å². The van der Waals surface area contributed by atoms with Gasteiger partial charge >= 0.3 is 6.55 Å². The molecule has 2 rings (SSSR count). The Morgan fingerprint density at radius 3 is 2.19 bits per heavy atom. The number of morpholine rings is 1. The third-order valence-corrected chi connectivity index (χ3v) is 5.51. The second-order valence-corrected chi connectivity index (χ2v) is 7.18. The van der Waals surface area contributed by atoms with Crippen molar-refractivity contribution in [2.24, 2.45) is 0 Å². The highest BCUT2D eigenvalue weighted by atomic mass is 32.2. The molecular weight excluding hydrogens is 304 g/mol. The molecule has 0 aliphatic carbocycles. The third-order valence-electron chi connectivity index (χ3n) is 3.43. The summed E-state index contributed by atoms with van der Waals surface area (Å²) in [5.74, 6) is 0. The monoisotopic (exact) mass is 323 g/mol. The molecule has 6 nitrogen and oxygen atoms in total. The van der Waals surface area contributed by atoms with E-state index in [-0.39, 0.29) is 41.6 Å². The predicted molar refractivity (Wildman–Crippen MR) is 71.7 cm³/mol. The second-order valence-electron chi connectivity index (χ2n) is 5.30. The topological polar surface area (TPSA) is 64.4 Å². The van der Waals surface area contributed by atoms with Gasteiger partial charge in [0.15, 0.2) is 0 Å². The van der Waals surface area contributed by atoms with E-state index in [2.05, 4.69) is 5.10 Å². The Labute approximate surface area is 122 Å². The summed E-state index contributed by atoms with van der Waals surface area (Å²) >= 11 is 0. The van der Waals surface area contributed by atoms with Crippen LogP contribution < -0.4 is 0 Å². The van der Waals surface area contributed by atoms with Gasteiger partial charge in [-0.2, -0.15) is 18.2 Å². The van der Waals surface area contributed by atoms with Crippen LogP contribution in [0.1, 0.15) is 31.8 Å². The number of nitrogens with zero attached hydrogens (tertiary/aromatic N) is 3. The summed E-state index contributed by atoms with van der Waals surface area (Å²) < 4.78 is 58.4. The van der Waals surface area contributed by atoms with Gasteiger partial charge in [0.05, 0.1) is 23.6 Å². The van der Waals surface area contributed by atoms with E-state index in [0.717, 1.165) is 0 Å². The highest BCUT2D eigenvalue weighted by molar-refractivity contribution is 7.89. The molecule has 0 spiro atoms. The van der Waals surface area contributed by atoms with Crippen molar-refractivity contribution in [3.05, 3.63) is 11.4 Å². The summed E-state index contributed by atoms with van der Waals surface area (Å²) in [5.41, 5.74) is 0.0360. The number of rotatable bonds is 3. The number of alkyl halides is 2. The second kappa shape index (κ2) is 5.62. The lowest BCUT2D eigenvalue weighted by Crippen LogP contribution is -2.48. The van der Waals surface area contributed by atoms with Gasteiger partial charge in [0.25, 0.3) is 0 Å². The predicted octanol–water partition coefficient (Wildman–Crippen LogP) is 1.69. The Morgan fingerprint density at radius 1 is 1.24 bits per heavy atom. The number of aromatic nitrogens is 2. The standard InChI is InChI=1S/C12H19F2N3O3S/c1-7-5-16(6-8(2)20-7)21(18,19)11-9(3)15-17(10(11)4)12(13)14/h7-8,12H,5-6H2,1-4H3/t7-,8+. The molecule has 1 fully saturated rings. The Morgan fingerprint density at radius 2 is 1.76 bits per heavy atom. The maximum atomic E-state index is 12.8. The van der Waals surface area contributed by atoms with Gasteiger partial charge in [-0.25, -0.2) is 13.1 Å².